The highest BCUT2D eigenvalue weighted by molar-refractivity contribution is 5.96. The minimum absolute atomic E-state index is 0.255. The van der Waals surface area contributed by atoms with Crippen molar-refractivity contribution in [2.24, 2.45) is 12.8 Å². The Morgan fingerprint density at radius 2 is 2.26 bits per heavy atom. The Morgan fingerprint density at radius 1 is 1.58 bits per heavy atom. The highest BCUT2D eigenvalue weighted by Crippen LogP contribution is 2.16. The van der Waals surface area contributed by atoms with E-state index in [0.717, 1.165) is 0 Å². The third kappa shape index (κ3) is 4.47. The number of amides is 2. The second kappa shape index (κ2) is 6.59. The minimum atomic E-state index is -1.10. The molecule has 2 amide bonds. The summed E-state index contributed by atoms with van der Waals surface area (Å²) in [6, 6.07) is -0.727. The summed E-state index contributed by atoms with van der Waals surface area (Å²) in [5, 5.41) is 17.0. The lowest BCUT2D eigenvalue weighted by Crippen LogP contribution is -2.36. The number of aromatic nitrogens is 2. The summed E-state index contributed by atoms with van der Waals surface area (Å²) in [6.45, 7) is 0.255. The quantitative estimate of drug-likeness (QED) is 0.432. The van der Waals surface area contributed by atoms with E-state index in [1.807, 2.05) is 0 Å². The molecule has 0 aromatic carbocycles. The van der Waals surface area contributed by atoms with E-state index < -0.39 is 12.1 Å². The molecular formula is C10H18N6O3. The lowest BCUT2D eigenvalue weighted by Gasteiger charge is -2.11. The summed E-state index contributed by atoms with van der Waals surface area (Å²) in [4.78, 5) is 22.0. The zero-order valence-electron chi connectivity index (χ0n) is 10.6. The molecule has 9 heteroatoms. The molecule has 0 aliphatic carbocycles. The molecule has 1 atom stereocenters. The Bertz CT molecular complexity index is 458. The molecule has 0 radical (unpaired) electrons. The van der Waals surface area contributed by atoms with Gasteiger partial charge in [0.1, 0.15) is 11.5 Å². The molecule has 1 rings (SSSR count). The molecule has 0 aliphatic heterocycles. The van der Waals surface area contributed by atoms with Gasteiger partial charge in [0.15, 0.2) is 0 Å². The Kier molecular flexibility index (Phi) is 5.12. The molecule has 0 spiro atoms. The van der Waals surface area contributed by atoms with Gasteiger partial charge in [0.2, 0.25) is 5.91 Å². The second-order valence-corrected chi connectivity index (χ2v) is 4.04. The zero-order chi connectivity index (χ0) is 14.4. The number of nitrogens with one attached hydrogen (secondary N) is 2. The first-order valence-electron chi connectivity index (χ1n) is 5.72. The van der Waals surface area contributed by atoms with E-state index in [0.29, 0.717) is 24.3 Å². The molecule has 106 valence electrons. The van der Waals surface area contributed by atoms with Crippen molar-refractivity contribution in [2.45, 2.75) is 18.9 Å². The predicted octanol–water partition coefficient (Wildman–Crippen LogP) is -0.684. The van der Waals surface area contributed by atoms with Gasteiger partial charge in [-0.25, -0.2) is 4.79 Å². The van der Waals surface area contributed by atoms with Crippen molar-refractivity contribution in [2.75, 3.05) is 17.6 Å². The van der Waals surface area contributed by atoms with Gasteiger partial charge in [0.25, 0.3) is 0 Å². The summed E-state index contributed by atoms with van der Waals surface area (Å²) < 4.78 is 1.43. The van der Waals surface area contributed by atoms with Gasteiger partial charge in [-0.05, 0) is 12.8 Å². The van der Waals surface area contributed by atoms with Gasteiger partial charge in [-0.1, -0.05) is 0 Å². The van der Waals surface area contributed by atoms with Crippen LogP contribution in [0.2, 0.25) is 0 Å². The maximum absolute atomic E-state index is 11.7. The van der Waals surface area contributed by atoms with Gasteiger partial charge in [-0.15, -0.1) is 0 Å². The average molecular weight is 270 g/mol. The smallest absolute Gasteiger partial charge is 0.404 e. The number of nitrogens with zero attached hydrogens (tertiary/aromatic N) is 2. The maximum Gasteiger partial charge on any atom is 0.404 e. The van der Waals surface area contributed by atoms with Crippen molar-refractivity contribution in [3.05, 3.63) is 6.20 Å². The van der Waals surface area contributed by atoms with Gasteiger partial charge in [-0.3, -0.25) is 9.48 Å². The van der Waals surface area contributed by atoms with Crippen molar-refractivity contribution in [3.8, 4) is 0 Å². The number of nitrogen functional groups attached to an aromatic ring is 1. The second-order valence-electron chi connectivity index (χ2n) is 4.04. The van der Waals surface area contributed by atoms with E-state index in [9.17, 15) is 9.59 Å². The van der Waals surface area contributed by atoms with Crippen LogP contribution >= 0.6 is 0 Å². The summed E-state index contributed by atoms with van der Waals surface area (Å²) in [5.74, 6) is -0.0388. The average Bonchev–Trinajstić information content (AvgIpc) is 2.66. The lowest BCUT2D eigenvalue weighted by atomic mass is 10.1. The van der Waals surface area contributed by atoms with Crippen LogP contribution in [0.1, 0.15) is 12.8 Å². The highest BCUT2D eigenvalue weighted by Gasteiger charge is 2.15. The fourth-order valence-corrected chi connectivity index (χ4v) is 1.42. The summed E-state index contributed by atoms with van der Waals surface area (Å²) >= 11 is 0. The number of hydrogen-bond donors (Lipinski definition) is 5. The number of carbonyl (C=O) groups excluding carboxylic acids is 1. The van der Waals surface area contributed by atoms with E-state index in [-0.39, 0.29) is 12.5 Å². The SMILES string of the molecule is Cn1ncc(NC(=O)[C@@H](N)CCCNC(=O)O)c1N. The number of carbonyl (C=O) groups is 2. The number of aryl methyl sites for hydroxylation is 1. The Morgan fingerprint density at radius 3 is 2.79 bits per heavy atom. The zero-order valence-corrected chi connectivity index (χ0v) is 10.6. The standard InChI is InChI=1S/C10H18N6O3/c1-16-8(12)7(5-14-16)15-9(17)6(11)3-2-4-13-10(18)19/h5-6,13H,2-4,11-12H2,1H3,(H,15,17)(H,18,19)/t6-/m0/s1. The molecule has 1 aromatic rings. The minimum Gasteiger partial charge on any atom is -0.465 e. The molecule has 1 heterocycles. The summed E-state index contributed by atoms with van der Waals surface area (Å²) in [7, 11) is 1.66. The van der Waals surface area contributed by atoms with E-state index >= 15 is 0 Å². The van der Waals surface area contributed by atoms with E-state index in [4.69, 9.17) is 16.6 Å². The highest BCUT2D eigenvalue weighted by atomic mass is 16.4. The molecule has 0 fully saturated rings. The van der Waals surface area contributed by atoms with Crippen molar-refractivity contribution < 1.29 is 14.7 Å². The molecule has 0 unspecified atom stereocenters. The van der Waals surface area contributed by atoms with Crippen LogP contribution in [0, 0.1) is 0 Å². The Balaban J connectivity index is 2.36. The number of nitrogens with two attached hydrogens (primary N) is 2. The van der Waals surface area contributed by atoms with Crippen LogP contribution in [0.5, 0.6) is 0 Å². The molecule has 1 aromatic heterocycles. The largest absolute Gasteiger partial charge is 0.465 e. The molecule has 7 N–H and O–H groups in total. The summed E-state index contributed by atoms with van der Waals surface area (Å²) in [5.41, 5.74) is 11.8. The normalized spacial score (nSPS) is 11.9. The van der Waals surface area contributed by atoms with Crippen LogP contribution in [0.25, 0.3) is 0 Å². The molecule has 19 heavy (non-hydrogen) atoms. The Hall–Kier alpha value is -2.29. The van der Waals surface area contributed by atoms with Crippen molar-refractivity contribution >= 4 is 23.5 Å². The lowest BCUT2D eigenvalue weighted by molar-refractivity contribution is -0.117. The van der Waals surface area contributed by atoms with Crippen LogP contribution in [0.3, 0.4) is 0 Å². The third-order valence-corrected chi connectivity index (χ3v) is 2.55. The van der Waals surface area contributed by atoms with Crippen molar-refractivity contribution in [1.82, 2.24) is 15.1 Å². The van der Waals surface area contributed by atoms with E-state index in [1.165, 1.54) is 10.9 Å². The van der Waals surface area contributed by atoms with Gasteiger partial charge >= 0.3 is 6.09 Å². The molecule has 0 saturated heterocycles. The van der Waals surface area contributed by atoms with E-state index in [1.54, 1.807) is 7.05 Å². The maximum atomic E-state index is 11.7. The van der Waals surface area contributed by atoms with Crippen molar-refractivity contribution in [3.63, 3.8) is 0 Å². The number of carboxylic acid groups (broad SMARTS) is 1. The fraction of sp³-hybridized carbons (Fsp3) is 0.500. The summed E-state index contributed by atoms with van der Waals surface area (Å²) in [6.07, 6.45) is 1.18. The van der Waals surface area contributed by atoms with Crippen molar-refractivity contribution in [1.29, 1.82) is 0 Å². The van der Waals surface area contributed by atoms with Crippen LogP contribution in [-0.2, 0) is 11.8 Å². The van der Waals surface area contributed by atoms with Gasteiger partial charge in [0.05, 0.1) is 12.2 Å². The van der Waals surface area contributed by atoms with Crippen LogP contribution < -0.4 is 22.1 Å². The van der Waals surface area contributed by atoms with Crippen LogP contribution in [0.15, 0.2) is 6.20 Å². The van der Waals surface area contributed by atoms with Crippen LogP contribution in [-0.4, -0.2) is 39.5 Å². The van der Waals surface area contributed by atoms with Gasteiger partial charge in [0, 0.05) is 13.6 Å². The molecule has 0 bridgehead atoms. The van der Waals surface area contributed by atoms with Gasteiger partial charge in [-0.2, -0.15) is 5.10 Å². The molecule has 0 aliphatic rings. The first kappa shape index (κ1) is 14.8. The molecule has 0 saturated carbocycles. The Labute approximate surface area is 109 Å². The van der Waals surface area contributed by atoms with Crippen LogP contribution in [0.4, 0.5) is 16.3 Å². The monoisotopic (exact) mass is 270 g/mol. The fourth-order valence-electron chi connectivity index (χ4n) is 1.42. The number of hydrogen-bond acceptors (Lipinski definition) is 5. The van der Waals surface area contributed by atoms with Gasteiger partial charge < -0.3 is 27.2 Å². The number of anilines is 2. The molecular weight excluding hydrogens is 252 g/mol. The first-order chi connectivity index (χ1) is 8.91. The van der Waals surface area contributed by atoms with E-state index in [2.05, 4.69) is 15.7 Å². The molecule has 9 nitrogen and oxygen atoms in total. The first-order valence-corrected chi connectivity index (χ1v) is 5.72. The number of rotatable bonds is 6. The third-order valence-electron chi connectivity index (χ3n) is 2.55. The predicted molar refractivity (Wildman–Crippen MR) is 69.5 cm³/mol. The topological polar surface area (TPSA) is 148 Å².